The van der Waals surface area contributed by atoms with Gasteiger partial charge in [-0.15, -0.1) is 0 Å². The summed E-state index contributed by atoms with van der Waals surface area (Å²) in [5.74, 6) is -2.97. The maximum Gasteiger partial charge on any atom is 0.308 e. The number of hydrogen-bond donors (Lipinski definition) is 2. The van der Waals surface area contributed by atoms with Crippen molar-refractivity contribution in [3.63, 3.8) is 0 Å². The van der Waals surface area contributed by atoms with Crippen molar-refractivity contribution in [3.05, 3.63) is 29.8 Å². The highest BCUT2D eigenvalue weighted by atomic mass is 19.1. The molecular formula is C14H17FN2O3. The monoisotopic (exact) mass is 280 g/mol. The van der Waals surface area contributed by atoms with E-state index in [0.717, 1.165) is 19.3 Å². The SMILES string of the molecule is O=C(NC1CCCCCC1C(=O)O)c1cccnc1F. The Morgan fingerprint density at radius 2 is 2.05 bits per heavy atom. The van der Waals surface area contributed by atoms with Gasteiger partial charge in [-0.25, -0.2) is 4.98 Å². The van der Waals surface area contributed by atoms with E-state index in [1.54, 1.807) is 0 Å². The second kappa shape index (κ2) is 6.45. The van der Waals surface area contributed by atoms with Crippen LogP contribution in [0, 0.1) is 11.9 Å². The number of carboxylic acids is 1. The lowest BCUT2D eigenvalue weighted by atomic mass is 9.94. The van der Waals surface area contributed by atoms with Crippen LogP contribution in [-0.4, -0.2) is 28.0 Å². The average Bonchev–Trinajstić information content (AvgIpc) is 2.64. The van der Waals surface area contributed by atoms with E-state index in [1.807, 2.05) is 0 Å². The Hall–Kier alpha value is -1.98. The minimum Gasteiger partial charge on any atom is -0.481 e. The van der Waals surface area contributed by atoms with E-state index >= 15 is 0 Å². The summed E-state index contributed by atoms with van der Waals surface area (Å²) in [5, 5.41) is 11.9. The first-order valence-electron chi connectivity index (χ1n) is 6.74. The largest absolute Gasteiger partial charge is 0.481 e. The zero-order valence-electron chi connectivity index (χ0n) is 11.0. The lowest BCUT2D eigenvalue weighted by Crippen LogP contribution is -2.43. The van der Waals surface area contributed by atoms with Crippen molar-refractivity contribution in [2.45, 2.75) is 38.1 Å². The van der Waals surface area contributed by atoms with Crippen LogP contribution >= 0.6 is 0 Å². The van der Waals surface area contributed by atoms with E-state index < -0.39 is 29.8 Å². The van der Waals surface area contributed by atoms with Crippen molar-refractivity contribution in [3.8, 4) is 0 Å². The predicted octanol–water partition coefficient (Wildman–Crippen LogP) is 1.98. The van der Waals surface area contributed by atoms with Crippen LogP contribution in [0.5, 0.6) is 0 Å². The fraction of sp³-hybridized carbons (Fsp3) is 0.500. The highest BCUT2D eigenvalue weighted by Crippen LogP contribution is 2.24. The molecule has 5 nitrogen and oxygen atoms in total. The summed E-state index contributed by atoms with van der Waals surface area (Å²) in [6.45, 7) is 0. The topological polar surface area (TPSA) is 79.3 Å². The third-order valence-electron chi connectivity index (χ3n) is 3.65. The lowest BCUT2D eigenvalue weighted by molar-refractivity contribution is -0.142. The summed E-state index contributed by atoms with van der Waals surface area (Å²) in [6, 6.07) is 2.35. The maximum atomic E-state index is 13.4. The number of rotatable bonds is 3. The number of hydrogen-bond acceptors (Lipinski definition) is 3. The van der Waals surface area contributed by atoms with Crippen molar-refractivity contribution >= 4 is 11.9 Å². The molecule has 6 heteroatoms. The van der Waals surface area contributed by atoms with E-state index in [9.17, 15) is 19.1 Å². The molecule has 2 unspecified atom stereocenters. The fourth-order valence-electron chi connectivity index (χ4n) is 2.58. The van der Waals surface area contributed by atoms with Crippen LogP contribution in [0.1, 0.15) is 42.5 Å². The van der Waals surface area contributed by atoms with Crippen molar-refractivity contribution in [1.82, 2.24) is 10.3 Å². The number of halogens is 1. The van der Waals surface area contributed by atoms with E-state index in [0.29, 0.717) is 12.8 Å². The first-order valence-corrected chi connectivity index (χ1v) is 6.74. The molecule has 1 aliphatic carbocycles. The number of nitrogens with zero attached hydrogens (tertiary/aromatic N) is 1. The second-order valence-corrected chi connectivity index (χ2v) is 5.00. The highest BCUT2D eigenvalue weighted by Gasteiger charge is 2.31. The molecule has 1 aromatic heterocycles. The fourth-order valence-corrected chi connectivity index (χ4v) is 2.58. The molecule has 0 spiro atoms. The van der Waals surface area contributed by atoms with Crippen LogP contribution < -0.4 is 5.32 Å². The Bertz CT molecular complexity index is 507. The number of amides is 1. The van der Waals surface area contributed by atoms with Crippen molar-refractivity contribution in [2.75, 3.05) is 0 Å². The smallest absolute Gasteiger partial charge is 0.308 e. The number of aliphatic carboxylic acids is 1. The van der Waals surface area contributed by atoms with Crippen LogP contribution in [0.2, 0.25) is 0 Å². The lowest BCUT2D eigenvalue weighted by Gasteiger charge is -2.22. The molecule has 0 aromatic carbocycles. The van der Waals surface area contributed by atoms with E-state index in [1.165, 1.54) is 18.3 Å². The zero-order chi connectivity index (χ0) is 14.5. The number of aromatic nitrogens is 1. The second-order valence-electron chi connectivity index (χ2n) is 5.00. The zero-order valence-corrected chi connectivity index (χ0v) is 11.0. The molecule has 1 aliphatic rings. The van der Waals surface area contributed by atoms with Crippen molar-refractivity contribution in [1.29, 1.82) is 0 Å². The third kappa shape index (κ3) is 3.31. The molecule has 2 atom stereocenters. The Balaban J connectivity index is 2.12. The normalized spacial score (nSPS) is 22.9. The number of carboxylic acid groups (broad SMARTS) is 1. The molecule has 0 bridgehead atoms. The molecule has 2 rings (SSSR count). The first-order chi connectivity index (χ1) is 9.59. The molecule has 1 heterocycles. The summed E-state index contributed by atoms with van der Waals surface area (Å²) in [6.07, 6.45) is 5.06. The van der Waals surface area contributed by atoms with Gasteiger partial charge in [0, 0.05) is 12.2 Å². The molecule has 1 amide bonds. The number of carbonyl (C=O) groups is 2. The summed E-state index contributed by atoms with van der Waals surface area (Å²) in [7, 11) is 0. The van der Waals surface area contributed by atoms with E-state index in [-0.39, 0.29) is 5.56 Å². The Labute approximate surface area is 116 Å². The third-order valence-corrected chi connectivity index (χ3v) is 3.65. The van der Waals surface area contributed by atoms with Gasteiger partial charge in [0.2, 0.25) is 5.95 Å². The molecule has 0 aliphatic heterocycles. The molecule has 1 aromatic rings. The molecule has 0 saturated heterocycles. The van der Waals surface area contributed by atoms with Gasteiger partial charge in [-0.1, -0.05) is 19.3 Å². The number of nitrogens with one attached hydrogen (secondary N) is 1. The molecule has 2 N–H and O–H groups in total. The van der Waals surface area contributed by atoms with Crippen LogP contribution in [0.3, 0.4) is 0 Å². The van der Waals surface area contributed by atoms with Crippen molar-refractivity contribution in [2.24, 2.45) is 5.92 Å². The first kappa shape index (κ1) is 14.4. The summed E-state index contributed by atoms with van der Waals surface area (Å²) in [5.41, 5.74) is -0.152. The van der Waals surface area contributed by atoms with Crippen LogP contribution in [-0.2, 0) is 4.79 Å². The molecular weight excluding hydrogens is 263 g/mol. The standard InChI is InChI=1S/C14H17FN2O3/c15-12-10(6-4-8-16-12)13(18)17-11-7-3-1-2-5-9(11)14(19)20/h4,6,8-9,11H,1-3,5,7H2,(H,17,18)(H,19,20). The molecule has 20 heavy (non-hydrogen) atoms. The van der Waals surface area contributed by atoms with Gasteiger partial charge in [0.15, 0.2) is 0 Å². The van der Waals surface area contributed by atoms with Gasteiger partial charge in [0.1, 0.15) is 0 Å². The highest BCUT2D eigenvalue weighted by molar-refractivity contribution is 5.94. The van der Waals surface area contributed by atoms with E-state index in [4.69, 9.17) is 0 Å². The van der Waals surface area contributed by atoms with Gasteiger partial charge in [-0.3, -0.25) is 9.59 Å². The predicted molar refractivity (Wildman–Crippen MR) is 69.7 cm³/mol. The van der Waals surface area contributed by atoms with Gasteiger partial charge < -0.3 is 10.4 Å². The van der Waals surface area contributed by atoms with Gasteiger partial charge in [0.05, 0.1) is 11.5 Å². The average molecular weight is 280 g/mol. The van der Waals surface area contributed by atoms with Crippen LogP contribution in [0.25, 0.3) is 0 Å². The Morgan fingerprint density at radius 3 is 2.75 bits per heavy atom. The molecule has 108 valence electrons. The van der Waals surface area contributed by atoms with Crippen molar-refractivity contribution < 1.29 is 19.1 Å². The summed E-state index contributed by atoms with van der Waals surface area (Å²) < 4.78 is 13.4. The van der Waals surface area contributed by atoms with Gasteiger partial charge in [-0.2, -0.15) is 4.39 Å². The molecule has 0 radical (unpaired) electrons. The molecule has 1 fully saturated rings. The summed E-state index contributed by atoms with van der Waals surface area (Å²) in [4.78, 5) is 26.7. The van der Waals surface area contributed by atoms with Crippen LogP contribution in [0.15, 0.2) is 18.3 Å². The van der Waals surface area contributed by atoms with Crippen LogP contribution in [0.4, 0.5) is 4.39 Å². The quantitative estimate of drug-likeness (QED) is 0.655. The minimum absolute atomic E-state index is 0.152. The van der Waals surface area contributed by atoms with Gasteiger partial charge in [-0.05, 0) is 25.0 Å². The Morgan fingerprint density at radius 1 is 1.30 bits per heavy atom. The van der Waals surface area contributed by atoms with E-state index in [2.05, 4.69) is 10.3 Å². The number of pyridine rings is 1. The Kier molecular flexibility index (Phi) is 4.65. The van der Waals surface area contributed by atoms with Gasteiger partial charge in [0.25, 0.3) is 5.91 Å². The minimum atomic E-state index is -0.913. The summed E-state index contributed by atoms with van der Waals surface area (Å²) >= 11 is 0. The maximum absolute atomic E-state index is 13.4. The van der Waals surface area contributed by atoms with Gasteiger partial charge >= 0.3 is 5.97 Å². The number of carbonyl (C=O) groups excluding carboxylic acids is 1. The molecule has 1 saturated carbocycles.